The van der Waals surface area contributed by atoms with Gasteiger partial charge in [0, 0.05) is 11.9 Å². The van der Waals surface area contributed by atoms with E-state index in [0.717, 1.165) is 19.3 Å². The minimum atomic E-state index is 0.204. The van der Waals surface area contributed by atoms with E-state index < -0.39 is 0 Å². The lowest BCUT2D eigenvalue weighted by molar-refractivity contribution is 0.564. The number of pyridine rings is 1. The number of aliphatic imine (C=N–C) groups is 1. The van der Waals surface area contributed by atoms with Crippen LogP contribution in [-0.2, 0) is 6.42 Å². The molecule has 1 aliphatic carbocycles. The summed E-state index contributed by atoms with van der Waals surface area (Å²) < 4.78 is 0. The van der Waals surface area contributed by atoms with Gasteiger partial charge in [-0.1, -0.05) is 6.07 Å². The fourth-order valence-corrected chi connectivity index (χ4v) is 1.91. The van der Waals surface area contributed by atoms with E-state index in [-0.39, 0.29) is 6.04 Å². The molecule has 1 heterocycles. The number of isothiocyanates is 1. The molecular weight excluding hydrogens is 180 g/mol. The summed E-state index contributed by atoms with van der Waals surface area (Å²) in [5, 5.41) is 2.46. The molecule has 0 radical (unpaired) electrons. The van der Waals surface area contributed by atoms with E-state index in [4.69, 9.17) is 0 Å². The molecule has 0 aliphatic heterocycles. The highest BCUT2D eigenvalue weighted by molar-refractivity contribution is 7.78. The number of hydrogen-bond acceptors (Lipinski definition) is 3. The number of fused-ring (bicyclic) bond motifs is 1. The minimum absolute atomic E-state index is 0.204. The fraction of sp³-hybridized carbons (Fsp3) is 0.400. The molecule has 1 aliphatic rings. The van der Waals surface area contributed by atoms with Crippen molar-refractivity contribution in [3.8, 4) is 0 Å². The Hall–Kier alpha value is -1.05. The van der Waals surface area contributed by atoms with Gasteiger partial charge >= 0.3 is 0 Å². The number of rotatable bonds is 1. The first-order valence-corrected chi connectivity index (χ1v) is 4.83. The Balaban J connectivity index is 2.42. The topological polar surface area (TPSA) is 25.2 Å². The van der Waals surface area contributed by atoms with Crippen molar-refractivity contribution in [3.05, 3.63) is 29.6 Å². The zero-order chi connectivity index (χ0) is 9.10. The van der Waals surface area contributed by atoms with Crippen LogP contribution in [0.3, 0.4) is 0 Å². The van der Waals surface area contributed by atoms with Gasteiger partial charge in [-0.15, -0.1) is 0 Å². The molecule has 0 unspecified atom stereocenters. The second kappa shape index (κ2) is 3.77. The molecule has 1 atom stereocenters. The number of aromatic nitrogens is 1. The molecule has 3 heteroatoms. The zero-order valence-electron chi connectivity index (χ0n) is 7.23. The zero-order valence-corrected chi connectivity index (χ0v) is 8.05. The molecule has 1 aromatic rings. The van der Waals surface area contributed by atoms with Gasteiger partial charge in [-0.2, -0.15) is 0 Å². The fourth-order valence-electron chi connectivity index (χ4n) is 1.78. The third-order valence-corrected chi connectivity index (χ3v) is 2.49. The highest BCUT2D eigenvalue weighted by Crippen LogP contribution is 2.30. The second-order valence-corrected chi connectivity index (χ2v) is 3.35. The Labute approximate surface area is 82.7 Å². The average molecular weight is 190 g/mol. The summed E-state index contributed by atoms with van der Waals surface area (Å²) >= 11 is 4.62. The predicted octanol–water partition coefficient (Wildman–Crippen LogP) is 2.56. The maximum atomic E-state index is 4.62. The number of nitrogens with zero attached hydrogens (tertiary/aromatic N) is 2. The lowest BCUT2D eigenvalue weighted by Gasteiger charge is -2.19. The minimum Gasteiger partial charge on any atom is -0.261 e. The molecule has 13 heavy (non-hydrogen) atoms. The Morgan fingerprint density at radius 2 is 2.54 bits per heavy atom. The maximum Gasteiger partial charge on any atom is 0.0869 e. The van der Waals surface area contributed by atoms with Crippen LogP contribution >= 0.6 is 12.2 Å². The van der Waals surface area contributed by atoms with Crippen LogP contribution in [0, 0.1) is 0 Å². The Morgan fingerprint density at radius 1 is 1.62 bits per heavy atom. The van der Waals surface area contributed by atoms with Crippen LogP contribution in [0.4, 0.5) is 0 Å². The van der Waals surface area contributed by atoms with Gasteiger partial charge in [0.05, 0.1) is 11.2 Å². The van der Waals surface area contributed by atoms with E-state index >= 15 is 0 Å². The monoisotopic (exact) mass is 190 g/mol. The Kier molecular flexibility index (Phi) is 2.48. The predicted molar refractivity (Wildman–Crippen MR) is 54.9 cm³/mol. The van der Waals surface area contributed by atoms with Gasteiger partial charge in [-0.25, -0.2) is 4.99 Å². The summed E-state index contributed by atoms with van der Waals surface area (Å²) in [5.41, 5.74) is 2.40. The molecule has 2 nitrogen and oxygen atoms in total. The summed E-state index contributed by atoms with van der Waals surface area (Å²) in [7, 11) is 0. The van der Waals surface area contributed by atoms with Gasteiger partial charge in [-0.3, -0.25) is 4.98 Å². The van der Waals surface area contributed by atoms with Crippen molar-refractivity contribution < 1.29 is 0 Å². The molecule has 0 fully saturated rings. The van der Waals surface area contributed by atoms with Crippen LogP contribution in [0.25, 0.3) is 0 Å². The van der Waals surface area contributed by atoms with Crippen molar-refractivity contribution in [3.63, 3.8) is 0 Å². The smallest absolute Gasteiger partial charge is 0.0869 e. The summed E-state index contributed by atoms with van der Waals surface area (Å²) in [6, 6.07) is 4.24. The van der Waals surface area contributed by atoms with Crippen molar-refractivity contribution in [1.82, 2.24) is 4.98 Å². The summed E-state index contributed by atoms with van der Waals surface area (Å²) in [5.74, 6) is 0. The number of aryl methyl sites for hydroxylation is 1. The molecule has 0 saturated carbocycles. The Bertz CT molecular complexity index is 356. The first-order valence-electron chi connectivity index (χ1n) is 4.42. The largest absolute Gasteiger partial charge is 0.261 e. The quantitative estimate of drug-likeness (QED) is 0.502. The van der Waals surface area contributed by atoms with Gasteiger partial charge in [0.1, 0.15) is 0 Å². The van der Waals surface area contributed by atoms with Gasteiger partial charge in [-0.05, 0) is 43.1 Å². The molecule has 66 valence electrons. The highest BCUT2D eigenvalue weighted by Gasteiger charge is 2.19. The molecule has 0 saturated heterocycles. The van der Waals surface area contributed by atoms with Crippen molar-refractivity contribution in [2.45, 2.75) is 25.3 Å². The number of hydrogen-bond donors (Lipinski definition) is 0. The van der Waals surface area contributed by atoms with Gasteiger partial charge in [0.25, 0.3) is 0 Å². The van der Waals surface area contributed by atoms with E-state index in [1.165, 1.54) is 11.3 Å². The lowest BCUT2D eigenvalue weighted by atomic mass is 9.92. The molecule has 2 rings (SSSR count). The summed E-state index contributed by atoms with van der Waals surface area (Å²) in [4.78, 5) is 8.48. The van der Waals surface area contributed by atoms with Gasteiger partial charge < -0.3 is 0 Å². The third-order valence-electron chi connectivity index (χ3n) is 2.38. The van der Waals surface area contributed by atoms with E-state index in [1.54, 1.807) is 0 Å². The lowest BCUT2D eigenvalue weighted by Crippen LogP contribution is -2.09. The van der Waals surface area contributed by atoms with Crippen LogP contribution in [-0.4, -0.2) is 10.1 Å². The molecule has 0 N–H and O–H groups in total. The molecular formula is C10H10N2S. The van der Waals surface area contributed by atoms with E-state index in [1.807, 2.05) is 12.3 Å². The van der Waals surface area contributed by atoms with Crippen molar-refractivity contribution >= 4 is 17.4 Å². The third kappa shape index (κ3) is 1.67. The highest BCUT2D eigenvalue weighted by atomic mass is 32.1. The SMILES string of the molecule is S=C=N[C@@H]1CCCc2ncccc21. The van der Waals surface area contributed by atoms with Crippen molar-refractivity contribution in [1.29, 1.82) is 0 Å². The Morgan fingerprint density at radius 3 is 3.38 bits per heavy atom. The molecule has 0 spiro atoms. The van der Waals surface area contributed by atoms with Crippen LogP contribution in [0.15, 0.2) is 23.3 Å². The molecule has 1 aromatic heterocycles. The second-order valence-electron chi connectivity index (χ2n) is 3.17. The average Bonchev–Trinajstić information content (AvgIpc) is 2.19. The molecule has 0 amide bonds. The van der Waals surface area contributed by atoms with Crippen molar-refractivity contribution in [2.75, 3.05) is 0 Å². The van der Waals surface area contributed by atoms with E-state index in [2.05, 4.69) is 33.4 Å². The number of thiocarbonyl (C=S) groups is 1. The molecule has 0 bridgehead atoms. The van der Waals surface area contributed by atoms with E-state index in [9.17, 15) is 0 Å². The van der Waals surface area contributed by atoms with Crippen LogP contribution in [0.2, 0.25) is 0 Å². The van der Waals surface area contributed by atoms with Crippen LogP contribution in [0.1, 0.15) is 30.1 Å². The standard InChI is InChI=1S/C10H10N2S/c13-7-12-10-5-1-4-9-8(10)3-2-6-11-9/h2-3,6,10H,1,4-5H2/t10-/m1/s1. The normalized spacial score (nSPS) is 20.2. The van der Waals surface area contributed by atoms with Crippen molar-refractivity contribution in [2.24, 2.45) is 4.99 Å². The van der Waals surface area contributed by atoms with Gasteiger partial charge in [0.2, 0.25) is 0 Å². The maximum absolute atomic E-state index is 4.62. The first-order chi connectivity index (χ1) is 6.42. The van der Waals surface area contributed by atoms with Crippen LogP contribution in [0.5, 0.6) is 0 Å². The van der Waals surface area contributed by atoms with E-state index in [0.29, 0.717) is 0 Å². The van der Waals surface area contributed by atoms with Crippen LogP contribution < -0.4 is 0 Å². The summed E-state index contributed by atoms with van der Waals surface area (Å²) in [6.07, 6.45) is 5.12. The first kappa shape index (κ1) is 8.54. The molecule has 0 aromatic carbocycles. The van der Waals surface area contributed by atoms with Gasteiger partial charge in [0.15, 0.2) is 0 Å². The summed E-state index contributed by atoms with van der Waals surface area (Å²) in [6.45, 7) is 0.